The number of benzene rings is 2. The maximum Gasteiger partial charge on any atom is 0.407 e. The highest BCUT2D eigenvalue weighted by Crippen LogP contribution is 2.41. The molecule has 184 valence electrons. The molecule has 1 atom stereocenters. The highest BCUT2D eigenvalue weighted by molar-refractivity contribution is 6.30. The molecule has 2 N–H and O–H groups in total. The van der Waals surface area contributed by atoms with Crippen LogP contribution in [-0.4, -0.2) is 45.2 Å². The summed E-state index contributed by atoms with van der Waals surface area (Å²) in [5.41, 5.74) is 3.29. The SMILES string of the molecule is Cc1cccc(-c2c(-c3cc(Cl)ccc3F)cc3n2C(CCN(C(=O)O)C(C)(C)C)CNC3=O)c1. The Kier molecular flexibility index (Phi) is 6.64. The minimum Gasteiger partial charge on any atom is -0.465 e. The Hall–Kier alpha value is -3.32. The summed E-state index contributed by atoms with van der Waals surface area (Å²) in [5, 5.41) is 13.1. The van der Waals surface area contributed by atoms with Gasteiger partial charge in [-0.05, 0) is 70.0 Å². The van der Waals surface area contributed by atoms with Crippen LogP contribution in [0.1, 0.15) is 49.3 Å². The number of carboxylic acid groups (broad SMARTS) is 1. The van der Waals surface area contributed by atoms with E-state index in [-0.39, 0.29) is 18.5 Å². The zero-order chi connectivity index (χ0) is 25.5. The van der Waals surface area contributed by atoms with Crippen LogP contribution in [0.2, 0.25) is 5.02 Å². The molecule has 8 heteroatoms. The molecule has 4 rings (SSSR count). The monoisotopic (exact) mass is 497 g/mol. The summed E-state index contributed by atoms with van der Waals surface area (Å²) in [4.78, 5) is 26.2. The van der Waals surface area contributed by atoms with E-state index in [1.54, 1.807) is 12.1 Å². The summed E-state index contributed by atoms with van der Waals surface area (Å²) in [7, 11) is 0. The van der Waals surface area contributed by atoms with Crippen molar-refractivity contribution in [2.75, 3.05) is 13.1 Å². The number of carbonyl (C=O) groups is 2. The van der Waals surface area contributed by atoms with Crippen LogP contribution in [0.25, 0.3) is 22.4 Å². The lowest BCUT2D eigenvalue weighted by atomic mass is 9.99. The van der Waals surface area contributed by atoms with Gasteiger partial charge in [-0.15, -0.1) is 0 Å². The van der Waals surface area contributed by atoms with Gasteiger partial charge >= 0.3 is 6.09 Å². The van der Waals surface area contributed by atoms with Gasteiger partial charge in [0.1, 0.15) is 11.5 Å². The predicted octanol–water partition coefficient (Wildman–Crippen LogP) is 6.38. The second-order valence-corrected chi connectivity index (χ2v) is 10.3. The second-order valence-electron chi connectivity index (χ2n) is 9.91. The van der Waals surface area contributed by atoms with Crippen molar-refractivity contribution in [2.24, 2.45) is 0 Å². The lowest BCUT2D eigenvalue weighted by Gasteiger charge is -2.36. The summed E-state index contributed by atoms with van der Waals surface area (Å²) in [6.07, 6.45) is -0.521. The van der Waals surface area contributed by atoms with Crippen molar-refractivity contribution >= 4 is 23.6 Å². The van der Waals surface area contributed by atoms with Gasteiger partial charge in [-0.25, -0.2) is 9.18 Å². The number of hydrogen-bond donors (Lipinski definition) is 2. The molecule has 1 unspecified atom stereocenters. The maximum atomic E-state index is 15.0. The lowest BCUT2D eigenvalue weighted by molar-refractivity contribution is 0.0868. The summed E-state index contributed by atoms with van der Waals surface area (Å²) in [6, 6.07) is 13.7. The van der Waals surface area contributed by atoms with Gasteiger partial charge in [-0.2, -0.15) is 0 Å². The van der Waals surface area contributed by atoms with E-state index in [1.165, 1.54) is 17.0 Å². The van der Waals surface area contributed by atoms with E-state index in [9.17, 15) is 14.7 Å². The summed E-state index contributed by atoms with van der Waals surface area (Å²) < 4.78 is 17.0. The molecule has 0 radical (unpaired) electrons. The van der Waals surface area contributed by atoms with Gasteiger partial charge in [0.2, 0.25) is 0 Å². The first-order valence-corrected chi connectivity index (χ1v) is 11.9. The Morgan fingerprint density at radius 2 is 1.94 bits per heavy atom. The van der Waals surface area contributed by atoms with E-state index in [2.05, 4.69) is 5.32 Å². The molecule has 1 aliphatic heterocycles. The van der Waals surface area contributed by atoms with Gasteiger partial charge < -0.3 is 19.9 Å². The average Bonchev–Trinajstić information content (AvgIpc) is 3.17. The van der Waals surface area contributed by atoms with Crippen LogP contribution in [0.3, 0.4) is 0 Å². The Morgan fingerprint density at radius 1 is 1.20 bits per heavy atom. The molecule has 2 heterocycles. The Balaban J connectivity index is 1.89. The predicted molar refractivity (Wildman–Crippen MR) is 135 cm³/mol. The van der Waals surface area contributed by atoms with Gasteiger partial charge in [-0.1, -0.05) is 35.4 Å². The Morgan fingerprint density at radius 3 is 2.60 bits per heavy atom. The van der Waals surface area contributed by atoms with Gasteiger partial charge in [0, 0.05) is 34.8 Å². The van der Waals surface area contributed by atoms with Crippen LogP contribution in [0, 0.1) is 12.7 Å². The normalized spacial score (nSPS) is 15.5. The minimum absolute atomic E-state index is 0.224. The molecule has 35 heavy (non-hydrogen) atoms. The summed E-state index contributed by atoms with van der Waals surface area (Å²) in [5.74, 6) is -0.692. The number of rotatable bonds is 5. The molecule has 3 aromatic rings. The van der Waals surface area contributed by atoms with Gasteiger partial charge in [0.15, 0.2) is 0 Å². The molecule has 2 amide bonds. The molecule has 1 aliphatic rings. The molecule has 0 spiro atoms. The lowest BCUT2D eigenvalue weighted by Crippen LogP contribution is -2.47. The topological polar surface area (TPSA) is 74.6 Å². The number of amides is 2. The smallest absolute Gasteiger partial charge is 0.407 e. The van der Waals surface area contributed by atoms with Gasteiger partial charge in [0.25, 0.3) is 5.91 Å². The molecule has 0 fully saturated rings. The van der Waals surface area contributed by atoms with Crippen LogP contribution < -0.4 is 5.32 Å². The zero-order valence-corrected chi connectivity index (χ0v) is 21.0. The number of halogens is 2. The van der Waals surface area contributed by atoms with Crippen LogP contribution >= 0.6 is 11.6 Å². The van der Waals surface area contributed by atoms with Crippen LogP contribution in [0.5, 0.6) is 0 Å². The summed E-state index contributed by atoms with van der Waals surface area (Å²) in [6.45, 7) is 8.15. The molecular formula is C27H29ClFN3O3. The van der Waals surface area contributed by atoms with Crippen molar-refractivity contribution in [3.8, 4) is 22.4 Å². The highest BCUT2D eigenvalue weighted by atomic mass is 35.5. The van der Waals surface area contributed by atoms with E-state index in [0.717, 1.165) is 11.1 Å². The van der Waals surface area contributed by atoms with Crippen molar-refractivity contribution in [2.45, 2.75) is 45.7 Å². The third kappa shape index (κ3) is 4.91. The fourth-order valence-electron chi connectivity index (χ4n) is 4.69. The van der Waals surface area contributed by atoms with Gasteiger partial charge in [-0.3, -0.25) is 4.79 Å². The summed E-state index contributed by atoms with van der Waals surface area (Å²) >= 11 is 6.22. The molecule has 1 aromatic heterocycles. The largest absolute Gasteiger partial charge is 0.465 e. The van der Waals surface area contributed by atoms with E-state index in [4.69, 9.17) is 11.6 Å². The fourth-order valence-corrected chi connectivity index (χ4v) is 4.87. The second kappa shape index (κ2) is 9.38. The number of aromatic nitrogens is 1. The fraction of sp³-hybridized carbons (Fsp3) is 0.333. The minimum atomic E-state index is -0.995. The molecule has 0 saturated carbocycles. The number of carbonyl (C=O) groups excluding carboxylic acids is 1. The number of hydrogen-bond acceptors (Lipinski definition) is 2. The average molecular weight is 498 g/mol. The van der Waals surface area contributed by atoms with E-state index >= 15 is 4.39 Å². The van der Waals surface area contributed by atoms with Crippen molar-refractivity contribution in [1.29, 1.82) is 0 Å². The highest BCUT2D eigenvalue weighted by Gasteiger charge is 2.33. The number of nitrogens with one attached hydrogen (secondary N) is 1. The van der Waals surface area contributed by atoms with Crippen molar-refractivity contribution in [3.63, 3.8) is 0 Å². The number of nitrogens with zero attached hydrogens (tertiary/aromatic N) is 2. The Labute approximate surface area is 209 Å². The van der Waals surface area contributed by atoms with Gasteiger partial charge in [0.05, 0.1) is 11.7 Å². The molecule has 0 aliphatic carbocycles. The first kappa shape index (κ1) is 24.8. The van der Waals surface area contributed by atoms with Crippen molar-refractivity contribution < 1.29 is 19.1 Å². The first-order chi connectivity index (χ1) is 16.5. The molecule has 2 aromatic carbocycles. The van der Waals surface area contributed by atoms with Crippen LogP contribution in [0.4, 0.5) is 9.18 Å². The van der Waals surface area contributed by atoms with E-state index < -0.39 is 17.4 Å². The molecule has 0 saturated heterocycles. The molecular weight excluding hydrogens is 469 g/mol. The molecule has 0 bridgehead atoms. The van der Waals surface area contributed by atoms with E-state index in [1.807, 2.05) is 56.5 Å². The van der Waals surface area contributed by atoms with Crippen molar-refractivity contribution in [3.05, 3.63) is 70.6 Å². The van der Waals surface area contributed by atoms with E-state index in [0.29, 0.717) is 40.5 Å². The first-order valence-electron chi connectivity index (χ1n) is 11.5. The van der Waals surface area contributed by atoms with Crippen LogP contribution in [0.15, 0.2) is 48.5 Å². The molecule has 6 nitrogen and oxygen atoms in total. The van der Waals surface area contributed by atoms with Crippen molar-refractivity contribution in [1.82, 2.24) is 14.8 Å². The Bertz CT molecular complexity index is 1300. The standard InChI is InChI=1S/C27H29ClFN3O3/c1-16-6-5-7-17(12-16)24-21(20-13-18(28)8-9-22(20)29)14-23-25(33)30-15-19(32(23)24)10-11-31(26(34)35)27(2,3)4/h5-9,12-14,19H,10-11,15H2,1-4H3,(H,30,33)(H,34,35). The van der Waals surface area contributed by atoms with Crippen LogP contribution in [-0.2, 0) is 0 Å². The quantitative estimate of drug-likeness (QED) is 0.429. The third-order valence-corrected chi connectivity index (χ3v) is 6.60. The third-order valence-electron chi connectivity index (χ3n) is 6.37. The number of fused-ring (bicyclic) bond motifs is 1. The maximum absolute atomic E-state index is 15.0. The number of aryl methyl sites for hydroxylation is 1. The zero-order valence-electron chi connectivity index (χ0n) is 20.2.